The first-order valence-corrected chi connectivity index (χ1v) is 12.3. The molecule has 190 valence electrons. The van der Waals surface area contributed by atoms with E-state index in [2.05, 4.69) is 46.5 Å². The van der Waals surface area contributed by atoms with Crippen LogP contribution in [0, 0.1) is 0 Å². The number of aliphatic hydroxyl groups excluding tert-OH is 1. The molecule has 1 amide bonds. The molecule has 2 aromatic carbocycles. The highest BCUT2D eigenvalue weighted by atomic mass is 16.5. The van der Waals surface area contributed by atoms with Crippen molar-refractivity contribution in [3.8, 4) is 11.5 Å². The van der Waals surface area contributed by atoms with Gasteiger partial charge in [-0.25, -0.2) is 4.98 Å². The van der Waals surface area contributed by atoms with E-state index < -0.39 is 5.54 Å². The van der Waals surface area contributed by atoms with E-state index in [4.69, 9.17) is 4.52 Å². The number of amides is 1. The largest absolute Gasteiger partial charge is 0.394 e. The lowest BCUT2D eigenvalue weighted by molar-refractivity contribution is 0.0619. The summed E-state index contributed by atoms with van der Waals surface area (Å²) < 4.78 is 5.29. The first-order valence-electron chi connectivity index (χ1n) is 12.3. The molecule has 1 aliphatic rings. The van der Waals surface area contributed by atoms with Crippen LogP contribution in [0.15, 0.2) is 71.6 Å². The second-order valence-electron chi connectivity index (χ2n) is 9.55. The summed E-state index contributed by atoms with van der Waals surface area (Å²) in [5.41, 5.74) is 4.38. The van der Waals surface area contributed by atoms with Crippen LogP contribution in [-0.4, -0.2) is 44.2 Å². The summed E-state index contributed by atoms with van der Waals surface area (Å²) in [6, 6.07) is 17.0. The molecule has 0 aliphatic carbocycles. The van der Waals surface area contributed by atoms with Crippen LogP contribution in [0.4, 0.5) is 17.2 Å². The van der Waals surface area contributed by atoms with E-state index in [1.165, 1.54) is 6.33 Å². The van der Waals surface area contributed by atoms with Gasteiger partial charge in [-0.05, 0) is 49.6 Å². The number of aliphatic hydroxyl groups is 1. The van der Waals surface area contributed by atoms with Crippen molar-refractivity contribution in [2.45, 2.75) is 38.8 Å². The summed E-state index contributed by atoms with van der Waals surface area (Å²) >= 11 is 0. The Labute approximate surface area is 215 Å². The van der Waals surface area contributed by atoms with Gasteiger partial charge in [0, 0.05) is 30.1 Å². The molecule has 1 aliphatic heterocycles. The Bertz CT molecular complexity index is 1390. The minimum Gasteiger partial charge on any atom is -0.394 e. The number of anilines is 3. The fraction of sp³-hybridized carbons (Fsp3) is 0.286. The summed E-state index contributed by atoms with van der Waals surface area (Å²) in [6.45, 7) is 6.83. The van der Waals surface area contributed by atoms with Crippen LogP contribution >= 0.6 is 0 Å². The fourth-order valence-electron chi connectivity index (χ4n) is 4.82. The van der Waals surface area contributed by atoms with Gasteiger partial charge in [0.15, 0.2) is 6.33 Å². The molecule has 37 heavy (non-hydrogen) atoms. The molecule has 0 fully saturated rings. The van der Waals surface area contributed by atoms with Crippen molar-refractivity contribution in [3.05, 3.63) is 83.8 Å². The molecule has 2 aromatic heterocycles. The number of benzene rings is 2. The Morgan fingerprint density at radius 1 is 1.08 bits per heavy atom. The number of pyridine rings is 1. The van der Waals surface area contributed by atoms with Crippen molar-refractivity contribution >= 4 is 23.1 Å². The van der Waals surface area contributed by atoms with Crippen molar-refractivity contribution in [2.24, 2.45) is 0 Å². The van der Waals surface area contributed by atoms with Gasteiger partial charge in [-0.3, -0.25) is 4.79 Å². The smallest absolute Gasteiger partial charge is 0.261 e. The Morgan fingerprint density at radius 3 is 2.59 bits per heavy atom. The number of hydrogen-bond donors (Lipinski definition) is 3. The number of carbonyl (C=O) groups is 1. The van der Waals surface area contributed by atoms with Crippen molar-refractivity contribution in [3.63, 3.8) is 0 Å². The summed E-state index contributed by atoms with van der Waals surface area (Å²) in [7, 11) is 0. The van der Waals surface area contributed by atoms with Crippen LogP contribution in [0.2, 0.25) is 0 Å². The number of nitrogens with one attached hydrogen (secondary N) is 2. The van der Waals surface area contributed by atoms with E-state index in [9.17, 15) is 9.90 Å². The predicted octanol–water partition coefficient (Wildman–Crippen LogP) is 5.12. The van der Waals surface area contributed by atoms with E-state index in [0.29, 0.717) is 29.5 Å². The second kappa shape index (κ2) is 10.0. The number of carbonyl (C=O) groups excluding carboxylic acids is 1. The molecule has 0 saturated heterocycles. The third-order valence-electron chi connectivity index (χ3n) is 6.76. The SMILES string of the molecule is CCCN1C(=O)c2ccc(Nc3cc(N[C@H](CO)c4ccccc4)c(-c4ncno4)cn3)cc2C1(C)C. The zero-order valence-electron chi connectivity index (χ0n) is 21.1. The summed E-state index contributed by atoms with van der Waals surface area (Å²) in [6.07, 6.45) is 3.89. The molecular weight excluding hydrogens is 468 g/mol. The fourth-order valence-corrected chi connectivity index (χ4v) is 4.82. The highest BCUT2D eigenvalue weighted by Gasteiger charge is 2.42. The van der Waals surface area contributed by atoms with Crippen LogP contribution in [-0.2, 0) is 5.54 Å². The van der Waals surface area contributed by atoms with Crippen LogP contribution in [0.1, 0.15) is 54.7 Å². The number of aromatic nitrogens is 3. The van der Waals surface area contributed by atoms with E-state index in [0.717, 1.165) is 28.8 Å². The topological polar surface area (TPSA) is 116 Å². The molecule has 0 bridgehead atoms. The molecule has 5 rings (SSSR count). The van der Waals surface area contributed by atoms with Crippen LogP contribution in [0.5, 0.6) is 0 Å². The molecule has 9 heteroatoms. The first-order chi connectivity index (χ1) is 17.9. The van der Waals surface area contributed by atoms with Gasteiger partial charge in [0.2, 0.25) is 0 Å². The van der Waals surface area contributed by atoms with E-state index in [1.54, 1.807) is 6.20 Å². The lowest BCUT2D eigenvalue weighted by Crippen LogP contribution is -2.39. The van der Waals surface area contributed by atoms with Gasteiger partial charge in [0.25, 0.3) is 11.8 Å². The lowest BCUT2D eigenvalue weighted by atomic mass is 9.93. The average Bonchev–Trinajstić information content (AvgIpc) is 3.50. The summed E-state index contributed by atoms with van der Waals surface area (Å²) in [5, 5.41) is 20.6. The molecule has 3 heterocycles. The lowest BCUT2D eigenvalue weighted by Gasteiger charge is -2.32. The third kappa shape index (κ3) is 4.65. The van der Waals surface area contributed by atoms with E-state index >= 15 is 0 Å². The maximum absolute atomic E-state index is 13.0. The van der Waals surface area contributed by atoms with Gasteiger partial charge >= 0.3 is 0 Å². The Morgan fingerprint density at radius 2 is 1.89 bits per heavy atom. The average molecular weight is 499 g/mol. The first kappa shape index (κ1) is 24.5. The van der Waals surface area contributed by atoms with Gasteiger partial charge < -0.3 is 25.2 Å². The molecule has 0 unspecified atom stereocenters. The molecule has 0 spiro atoms. The quantitative estimate of drug-likeness (QED) is 0.291. The monoisotopic (exact) mass is 498 g/mol. The predicted molar refractivity (Wildman–Crippen MR) is 141 cm³/mol. The number of nitrogens with zero attached hydrogens (tertiary/aromatic N) is 4. The zero-order valence-corrected chi connectivity index (χ0v) is 21.1. The number of hydrogen-bond acceptors (Lipinski definition) is 8. The maximum Gasteiger partial charge on any atom is 0.261 e. The van der Waals surface area contributed by atoms with Gasteiger partial charge in [-0.15, -0.1) is 0 Å². The molecule has 0 saturated carbocycles. The third-order valence-corrected chi connectivity index (χ3v) is 6.76. The molecule has 1 atom stereocenters. The molecule has 0 radical (unpaired) electrons. The van der Waals surface area contributed by atoms with Gasteiger partial charge in [0.1, 0.15) is 5.82 Å². The Hall–Kier alpha value is -4.24. The minimum absolute atomic E-state index is 0.0675. The normalized spacial score (nSPS) is 14.9. The van der Waals surface area contributed by atoms with Crippen molar-refractivity contribution < 1.29 is 14.4 Å². The van der Waals surface area contributed by atoms with Crippen molar-refractivity contribution in [1.82, 2.24) is 20.0 Å². The van der Waals surface area contributed by atoms with E-state index in [1.807, 2.05) is 59.5 Å². The molecule has 4 aromatic rings. The standard InChI is InChI=1S/C28H30N6O3/c1-4-12-34-27(36)20-11-10-19(13-22(20)28(34,2)3)32-25-14-23(21(15-29-25)26-30-17-31-37-26)33-24(16-35)18-8-6-5-7-9-18/h5-11,13-15,17,24,35H,4,12,16H2,1-3H3,(H2,29,32,33)/t24-/m1/s1. The number of rotatable bonds is 9. The minimum atomic E-state index is -0.397. The molecule has 9 nitrogen and oxygen atoms in total. The van der Waals surface area contributed by atoms with Gasteiger partial charge in [-0.2, -0.15) is 4.98 Å². The number of fused-ring (bicyclic) bond motifs is 1. The van der Waals surface area contributed by atoms with Crippen LogP contribution < -0.4 is 10.6 Å². The maximum atomic E-state index is 13.0. The van der Waals surface area contributed by atoms with Crippen molar-refractivity contribution in [1.29, 1.82) is 0 Å². The Balaban J connectivity index is 1.47. The molecule has 3 N–H and O–H groups in total. The zero-order chi connectivity index (χ0) is 26.0. The van der Waals surface area contributed by atoms with Gasteiger partial charge in [0.05, 0.1) is 29.4 Å². The van der Waals surface area contributed by atoms with Crippen LogP contribution in [0.25, 0.3) is 11.5 Å². The van der Waals surface area contributed by atoms with Gasteiger partial charge in [-0.1, -0.05) is 42.4 Å². The second-order valence-corrected chi connectivity index (χ2v) is 9.55. The Kier molecular flexibility index (Phi) is 6.62. The highest BCUT2D eigenvalue weighted by molar-refractivity contribution is 6.00. The van der Waals surface area contributed by atoms with E-state index in [-0.39, 0.29) is 18.6 Å². The highest BCUT2D eigenvalue weighted by Crippen LogP contribution is 2.40. The van der Waals surface area contributed by atoms with Crippen molar-refractivity contribution in [2.75, 3.05) is 23.8 Å². The van der Waals surface area contributed by atoms with Crippen LogP contribution in [0.3, 0.4) is 0 Å². The molecular formula is C28H30N6O3. The summed E-state index contributed by atoms with van der Waals surface area (Å²) in [4.78, 5) is 23.6. The summed E-state index contributed by atoms with van der Waals surface area (Å²) in [5.74, 6) is 0.973.